The van der Waals surface area contributed by atoms with Crippen LogP contribution in [-0.2, 0) is 9.47 Å². The van der Waals surface area contributed by atoms with Crippen molar-refractivity contribution in [3.05, 3.63) is 23.0 Å². The summed E-state index contributed by atoms with van der Waals surface area (Å²) in [5, 5.41) is 0. The van der Waals surface area contributed by atoms with Gasteiger partial charge in [0.2, 0.25) is 0 Å². The van der Waals surface area contributed by atoms with Gasteiger partial charge < -0.3 is 9.47 Å². The van der Waals surface area contributed by atoms with E-state index in [0.29, 0.717) is 6.61 Å². The average molecular weight is 236 g/mol. The molecule has 0 saturated heterocycles. The Balaban J connectivity index is 2.41. The van der Waals surface area contributed by atoms with Crippen LogP contribution in [0.4, 0.5) is 0 Å². The van der Waals surface area contributed by atoms with Gasteiger partial charge in [-0.05, 0) is 50.2 Å². The highest BCUT2D eigenvalue weighted by molar-refractivity contribution is 5.39. The minimum atomic E-state index is -0.0942. The van der Waals surface area contributed by atoms with Crippen molar-refractivity contribution in [1.82, 2.24) is 0 Å². The third kappa shape index (κ3) is 2.15. The van der Waals surface area contributed by atoms with E-state index in [-0.39, 0.29) is 11.0 Å². The van der Waals surface area contributed by atoms with Crippen LogP contribution in [0.15, 0.2) is 23.0 Å². The van der Waals surface area contributed by atoms with E-state index >= 15 is 0 Å². The van der Waals surface area contributed by atoms with E-state index in [2.05, 4.69) is 33.8 Å². The van der Waals surface area contributed by atoms with Crippen LogP contribution >= 0.6 is 0 Å². The number of ether oxygens (including phenoxy) is 2. The fourth-order valence-corrected chi connectivity index (χ4v) is 3.28. The molecule has 1 atom stereocenters. The zero-order valence-electron chi connectivity index (χ0n) is 11.7. The molecular formula is C15H24O2. The van der Waals surface area contributed by atoms with Gasteiger partial charge in [-0.15, -0.1) is 0 Å². The normalized spacial score (nSPS) is 31.7. The smallest absolute Gasteiger partial charge is 0.128 e. The molecule has 0 bridgehead atoms. The fourth-order valence-electron chi connectivity index (χ4n) is 3.28. The van der Waals surface area contributed by atoms with Crippen LogP contribution < -0.4 is 0 Å². The summed E-state index contributed by atoms with van der Waals surface area (Å²) < 4.78 is 11.5. The van der Waals surface area contributed by atoms with E-state index in [9.17, 15) is 0 Å². The second kappa shape index (κ2) is 4.16. The SMILES string of the molecule is COCC1=C(C)OC2(C)CCCC(C)(C)C2=C1. The molecule has 0 N–H and O–H groups in total. The Hall–Kier alpha value is -0.760. The van der Waals surface area contributed by atoms with Crippen LogP contribution in [-0.4, -0.2) is 19.3 Å². The second-order valence-electron chi connectivity index (χ2n) is 6.14. The van der Waals surface area contributed by atoms with Crippen LogP contribution in [0.5, 0.6) is 0 Å². The number of fused-ring (bicyclic) bond motifs is 1. The maximum Gasteiger partial charge on any atom is 0.128 e. The quantitative estimate of drug-likeness (QED) is 0.725. The van der Waals surface area contributed by atoms with Gasteiger partial charge in [0, 0.05) is 12.7 Å². The molecule has 2 heteroatoms. The predicted octanol–water partition coefficient (Wildman–Crippen LogP) is 3.83. The molecule has 1 fully saturated rings. The molecule has 2 nitrogen and oxygen atoms in total. The molecule has 17 heavy (non-hydrogen) atoms. The fraction of sp³-hybridized carbons (Fsp3) is 0.733. The molecule has 0 aromatic rings. The lowest BCUT2D eigenvalue weighted by atomic mass is 9.65. The Labute approximate surface area is 105 Å². The highest BCUT2D eigenvalue weighted by Gasteiger charge is 2.45. The first kappa shape index (κ1) is 12.7. The van der Waals surface area contributed by atoms with Crippen LogP contribution in [0, 0.1) is 5.41 Å². The number of rotatable bonds is 2. The Morgan fingerprint density at radius 2 is 2.00 bits per heavy atom. The number of hydrogen-bond acceptors (Lipinski definition) is 2. The van der Waals surface area contributed by atoms with E-state index < -0.39 is 0 Å². The van der Waals surface area contributed by atoms with Crippen molar-refractivity contribution in [2.45, 2.75) is 52.6 Å². The molecule has 2 aliphatic rings. The van der Waals surface area contributed by atoms with E-state index in [1.54, 1.807) is 7.11 Å². The van der Waals surface area contributed by atoms with E-state index in [1.807, 2.05) is 0 Å². The minimum absolute atomic E-state index is 0.0942. The van der Waals surface area contributed by atoms with E-state index in [0.717, 1.165) is 12.2 Å². The Kier molecular flexibility index (Phi) is 3.11. The second-order valence-corrected chi connectivity index (χ2v) is 6.14. The number of hydrogen-bond donors (Lipinski definition) is 0. The lowest BCUT2D eigenvalue weighted by Crippen LogP contribution is -2.43. The molecule has 0 radical (unpaired) electrons. The van der Waals surface area contributed by atoms with Crippen molar-refractivity contribution >= 4 is 0 Å². The summed E-state index contributed by atoms with van der Waals surface area (Å²) in [6.07, 6.45) is 5.94. The Morgan fingerprint density at radius 1 is 1.29 bits per heavy atom. The zero-order chi connectivity index (χ0) is 12.7. The highest BCUT2D eigenvalue weighted by Crippen LogP contribution is 2.50. The van der Waals surface area contributed by atoms with Crippen molar-refractivity contribution in [3.63, 3.8) is 0 Å². The van der Waals surface area contributed by atoms with E-state index in [4.69, 9.17) is 9.47 Å². The molecule has 96 valence electrons. The lowest BCUT2D eigenvalue weighted by Gasteiger charge is -2.48. The van der Waals surface area contributed by atoms with Gasteiger partial charge in [0.25, 0.3) is 0 Å². The molecule has 1 heterocycles. The molecule has 0 aromatic carbocycles. The summed E-state index contributed by atoms with van der Waals surface area (Å²) in [4.78, 5) is 0. The maximum atomic E-state index is 6.21. The van der Waals surface area contributed by atoms with Crippen LogP contribution in [0.3, 0.4) is 0 Å². The average Bonchev–Trinajstić information content (AvgIpc) is 2.20. The summed E-state index contributed by atoms with van der Waals surface area (Å²) in [6, 6.07) is 0. The first-order valence-corrected chi connectivity index (χ1v) is 6.49. The van der Waals surface area contributed by atoms with Crippen LogP contribution in [0.2, 0.25) is 0 Å². The van der Waals surface area contributed by atoms with Crippen molar-refractivity contribution in [3.8, 4) is 0 Å². The van der Waals surface area contributed by atoms with Gasteiger partial charge in [0.1, 0.15) is 5.60 Å². The summed E-state index contributed by atoms with van der Waals surface area (Å²) in [5.74, 6) is 1.02. The zero-order valence-corrected chi connectivity index (χ0v) is 11.7. The summed E-state index contributed by atoms with van der Waals surface area (Å²) in [5.41, 5.74) is 2.78. The molecule has 1 unspecified atom stereocenters. The highest BCUT2D eigenvalue weighted by atomic mass is 16.5. The number of allylic oxidation sites excluding steroid dienone is 1. The standard InChI is InChI=1S/C15H24O2/c1-11-12(10-16-5)9-13-14(2,3)7-6-8-15(13,4)17-11/h9H,6-8,10H2,1-5H3. The predicted molar refractivity (Wildman–Crippen MR) is 69.8 cm³/mol. The molecule has 0 spiro atoms. The molecule has 1 aliphatic heterocycles. The van der Waals surface area contributed by atoms with Gasteiger partial charge in [-0.1, -0.05) is 13.8 Å². The summed E-state index contributed by atoms with van der Waals surface area (Å²) >= 11 is 0. The van der Waals surface area contributed by atoms with Gasteiger partial charge in [0.05, 0.1) is 12.4 Å². The molecule has 0 aromatic heterocycles. The Bertz CT molecular complexity index is 376. The topological polar surface area (TPSA) is 18.5 Å². The first-order chi connectivity index (χ1) is 7.89. The number of methoxy groups -OCH3 is 1. The van der Waals surface area contributed by atoms with Crippen LogP contribution in [0.25, 0.3) is 0 Å². The maximum absolute atomic E-state index is 6.21. The molecule has 1 saturated carbocycles. The van der Waals surface area contributed by atoms with Gasteiger partial charge in [-0.3, -0.25) is 0 Å². The summed E-state index contributed by atoms with van der Waals surface area (Å²) in [6.45, 7) is 9.57. The molecule has 2 rings (SSSR count). The molecule has 1 aliphatic carbocycles. The van der Waals surface area contributed by atoms with Gasteiger partial charge in [-0.2, -0.15) is 0 Å². The third-order valence-electron chi connectivity index (χ3n) is 4.20. The molecule has 0 amide bonds. The van der Waals surface area contributed by atoms with Gasteiger partial charge >= 0.3 is 0 Å². The Morgan fingerprint density at radius 3 is 2.65 bits per heavy atom. The van der Waals surface area contributed by atoms with Crippen molar-refractivity contribution in [2.75, 3.05) is 13.7 Å². The first-order valence-electron chi connectivity index (χ1n) is 6.49. The summed E-state index contributed by atoms with van der Waals surface area (Å²) in [7, 11) is 1.73. The van der Waals surface area contributed by atoms with Crippen molar-refractivity contribution in [2.24, 2.45) is 5.41 Å². The van der Waals surface area contributed by atoms with Gasteiger partial charge in [-0.25, -0.2) is 0 Å². The van der Waals surface area contributed by atoms with Crippen molar-refractivity contribution < 1.29 is 9.47 Å². The third-order valence-corrected chi connectivity index (χ3v) is 4.20. The van der Waals surface area contributed by atoms with Crippen molar-refractivity contribution in [1.29, 1.82) is 0 Å². The largest absolute Gasteiger partial charge is 0.487 e. The molecular weight excluding hydrogens is 212 g/mol. The monoisotopic (exact) mass is 236 g/mol. The minimum Gasteiger partial charge on any atom is -0.487 e. The lowest BCUT2D eigenvalue weighted by molar-refractivity contribution is -0.00167. The van der Waals surface area contributed by atoms with Gasteiger partial charge in [0.15, 0.2) is 0 Å². The van der Waals surface area contributed by atoms with E-state index in [1.165, 1.54) is 24.0 Å². The van der Waals surface area contributed by atoms with Crippen LogP contribution in [0.1, 0.15) is 47.0 Å².